The van der Waals surface area contributed by atoms with E-state index in [0.717, 1.165) is 22.0 Å². The summed E-state index contributed by atoms with van der Waals surface area (Å²) in [6, 6.07) is 6.96. The van der Waals surface area contributed by atoms with E-state index in [1.54, 1.807) is 18.3 Å². The van der Waals surface area contributed by atoms with Gasteiger partial charge in [-0.25, -0.2) is 9.37 Å². The van der Waals surface area contributed by atoms with Crippen molar-refractivity contribution in [3.8, 4) is 10.6 Å². The van der Waals surface area contributed by atoms with E-state index in [1.165, 1.54) is 68.7 Å². The van der Waals surface area contributed by atoms with Gasteiger partial charge in [-0.15, -0.1) is 11.3 Å². The normalized spacial score (nSPS) is 23.0. The summed E-state index contributed by atoms with van der Waals surface area (Å²) < 4.78 is 13.0. The van der Waals surface area contributed by atoms with E-state index >= 15 is 0 Å². The molecule has 0 spiro atoms. The molecule has 0 radical (unpaired) electrons. The molecule has 1 aromatic carbocycles. The molecule has 27 heavy (non-hydrogen) atoms. The van der Waals surface area contributed by atoms with Crippen LogP contribution >= 0.6 is 11.3 Å². The lowest BCUT2D eigenvalue weighted by molar-refractivity contribution is -0.120. The van der Waals surface area contributed by atoms with Gasteiger partial charge in [0.15, 0.2) is 0 Å². The SMILES string of the molecule is O=C(Cc1cnc(-c2ccc(F)cc2)s1)NCC1CCCN2CCCCC12. The fraction of sp³-hybridized carbons (Fsp3) is 0.524. The first-order valence-electron chi connectivity index (χ1n) is 9.90. The summed E-state index contributed by atoms with van der Waals surface area (Å²) in [7, 11) is 0. The third kappa shape index (κ3) is 4.55. The highest BCUT2D eigenvalue weighted by Crippen LogP contribution is 2.30. The number of benzene rings is 1. The summed E-state index contributed by atoms with van der Waals surface area (Å²) in [5, 5.41) is 3.98. The second kappa shape index (κ2) is 8.48. The first-order valence-corrected chi connectivity index (χ1v) is 10.7. The molecule has 4 nitrogen and oxygen atoms in total. The third-order valence-corrected chi connectivity index (χ3v) is 6.82. The van der Waals surface area contributed by atoms with Crippen molar-refractivity contribution in [1.82, 2.24) is 15.2 Å². The van der Waals surface area contributed by atoms with Crippen LogP contribution in [0.15, 0.2) is 30.5 Å². The number of hydrogen-bond acceptors (Lipinski definition) is 4. The molecule has 2 fully saturated rings. The summed E-state index contributed by atoms with van der Waals surface area (Å²) in [6.07, 6.45) is 8.49. The first kappa shape index (κ1) is 18.6. The van der Waals surface area contributed by atoms with Crippen LogP contribution in [0.2, 0.25) is 0 Å². The molecule has 1 aromatic heterocycles. The maximum absolute atomic E-state index is 13.0. The molecule has 6 heteroatoms. The van der Waals surface area contributed by atoms with Crippen molar-refractivity contribution < 1.29 is 9.18 Å². The summed E-state index contributed by atoms with van der Waals surface area (Å²) in [5.41, 5.74) is 0.882. The van der Waals surface area contributed by atoms with Crippen LogP contribution in [0.25, 0.3) is 10.6 Å². The average molecular weight is 388 g/mol. The van der Waals surface area contributed by atoms with Crippen LogP contribution in [-0.4, -0.2) is 41.5 Å². The number of thiazole rings is 1. The molecule has 144 valence electrons. The van der Waals surface area contributed by atoms with Crippen molar-refractivity contribution in [2.24, 2.45) is 5.92 Å². The highest BCUT2D eigenvalue weighted by Gasteiger charge is 2.32. The molecule has 1 N–H and O–H groups in total. The smallest absolute Gasteiger partial charge is 0.225 e. The zero-order chi connectivity index (χ0) is 18.6. The number of rotatable bonds is 5. The zero-order valence-corrected chi connectivity index (χ0v) is 16.3. The number of amides is 1. The van der Waals surface area contributed by atoms with Crippen LogP contribution in [0, 0.1) is 11.7 Å². The Morgan fingerprint density at radius 2 is 2.00 bits per heavy atom. The van der Waals surface area contributed by atoms with Gasteiger partial charge in [-0.3, -0.25) is 4.79 Å². The lowest BCUT2D eigenvalue weighted by Gasteiger charge is -2.44. The number of hydrogen-bond donors (Lipinski definition) is 1. The molecule has 0 aliphatic carbocycles. The second-order valence-electron chi connectivity index (χ2n) is 7.62. The van der Waals surface area contributed by atoms with Crippen LogP contribution in [0.4, 0.5) is 4.39 Å². The summed E-state index contributed by atoms with van der Waals surface area (Å²) in [5.74, 6) is 0.394. The lowest BCUT2D eigenvalue weighted by atomic mass is 9.83. The molecule has 0 bridgehead atoms. The number of nitrogens with zero attached hydrogens (tertiary/aromatic N) is 2. The average Bonchev–Trinajstić information content (AvgIpc) is 3.15. The van der Waals surface area contributed by atoms with Crippen molar-refractivity contribution in [3.63, 3.8) is 0 Å². The Bertz CT molecular complexity index is 774. The van der Waals surface area contributed by atoms with Gasteiger partial charge < -0.3 is 10.2 Å². The maximum Gasteiger partial charge on any atom is 0.225 e. The molecule has 2 atom stereocenters. The topological polar surface area (TPSA) is 45.2 Å². The monoisotopic (exact) mass is 387 g/mol. The van der Waals surface area contributed by atoms with Gasteiger partial charge in [0.25, 0.3) is 0 Å². The minimum absolute atomic E-state index is 0.0669. The van der Waals surface area contributed by atoms with E-state index in [4.69, 9.17) is 0 Å². The molecule has 2 unspecified atom stereocenters. The van der Waals surface area contributed by atoms with E-state index in [-0.39, 0.29) is 11.7 Å². The number of fused-ring (bicyclic) bond motifs is 1. The Labute approximate surface area is 163 Å². The number of carbonyl (C=O) groups excluding carboxylic acids is 1. The van der Waals surface area contributed by atoms with Gasteiger partial charge in [-0.05, 0) is 69.0 Å². The third-order valence-electron chi connectivity index (χ3n) is 5.77. The lowest BCUT2D eigenvalue weighted by Crippen LogP contribution is -2.51. The molecule has 2 saturated heterocycles. The van der Waals surface area contributed by atoms with E-state index in [2.05, 4.69) is 15.2 Å². The Morgan fingerprint density at radius 1 is 1.19 bits per heavy atom. The molecule has 1 amide bonds. The quantitative estimate of drug-likeness (QED) is 0.847. The Morgan fingerprint density at radius 3 is 2.85 bits per heavy atom. The van der Waals surface area contributed by atoms with Crippen molar-refractivity contribution >= 4 is 17.2 Å². The largest absolute Gasteiger partial charge is 0.355 e. The van der Waals surface area contributed by atoms with Crippen LogP contribution in [0.1, 0.15) is 37.0 Å². The van der Waals surface area contributed by atoms with Crippen LogP contribution in [-0.2, 0) is 11.2 Å². The Kier molecular flexibility index (Phi) is 5.83. The second-order valence-corrected chi connectivity index (χ2v) is 8.74. The van der Waals surface area contributed by atoms with Crippen molar-refractivity contribution in [1.29, 1.82) is 0 Å². The van der Waals surface area contributed by atoms with Crippen LogP contribution < -0.4 is 5.32 Å². The molecule has 2 aliphatic rings. The highest BCUT2D eigenvalue weighted by atomic mass is 32.1. The summed E-state index contributed by atoms with van der Waals surface area (Å²) >= 11 is 1.50. The first-order chi connectivity index (χ1) is 13.2. The van der Waals surface area contributed by atoms with Gasteiger partial charge in [0, 0.05) is 29.2 Å². The van der Waals surface area contributed by atoms with Gasteiger partial charge in [0.05, 0.1) is 6.42 Å². The number of piperidine rings is 2. The fourth-order valence-electron chi connectivity index (χ4n) is 4.40. The van der Waals surface area contributed by atoms with Gasteiger partial charge in [-0.1, -0.05) is 6.42 Å². The number of halogens is 1. The standard InChI is InChI=1S/C21H26FN3OS/c22-17-8-6-15(7-9-17)21-24-14-18(27-21)12-20(26)23-13-16-4-3-11-25-10-2-1-5-19(16)25/h6-9,14,16,19H,1-5,10-13H2,(H,23,26). The fourth-order valence-corrected chi connectivity index (χ4v) is 5.31. The van der Waals surface area contributed by atoms with Gasteiger partial charge in [0.2, 0.25) is 5.91 Å². The number of carbonyl (C=O) groups is 1. The molecular weight excluding hydrogens is 361 g/mol. The highest BCUT2D eigenvalue weighted by molar-refractivity contribution is 7.15. The molecule has 2 aliphatic heterocycles. The summed E-state index contributed by atoms with van der Waals surface area (Å²) in [4.78, 5) is 20.4. The van der Waals surface area contributed by atoms with Gasteiger partial charge in [0.1, 0.15) is 10.8 Å². The van der Waals surface area contributed by atoms with E-state index in [1.807, 2.05) is 0 Å². The van der Waals surface area contributed by atoms with Crippen molar-refractivity contribution in [2.45, 2.75) is 44.6 Å². The number of nitrogens with one attached hydrogen (secondary N) is 1. The van der Waals surface area contributed by atoms with Gasteiger partial charge in [-0.2, -0.15) is 0 Å². The predicted molar refractivity (Wildman–Crippen MR) is 106 cm³/mol. The molecule has 4 rings (SSSR count). The van der Waals surface area contributed by atoms with Crippen molar-refractivity contribution in [2.75, 3.05) is 19.6 Å². The van der Waals surface area contributed by atoms with Crippen molar-refractivity contribution in [3.05, 3.63) is 41.2 Å². The summed E-state index contributed by atoms with van der Waals surface area (Å²) in [6.45, 7) is 3.23. The minimum atomic E-state index is -0.255. The van der Waals surface area contributed by atoms with E-state index < -0.39 is 0 Å². The zero-order valence-electron chi connectivity index (χ0n) is 15.5. The minimum Gasteiger partial charge on any atom is -0.355 e. The molecule has 0 saturated carbocycles. The van der Waals surface area contributed by atoms with E-state index in [9.17, 15) is 9.18 Å². The predicted octanol–water partition coefficient (Wildman–Crippen LogP) is 3.87. The van der Waals surface area contributed by atoms with Gasteiger partial charge >= 0.3 is 0 Å². The molecular formula is C21H26FN3OS. The van der Waals surface area contributed by atoms with Crippen LogP contribution in [0.5, 0.6) is 0 Å². The number of aromatic nitrogens is 1. The van der Waals surface area contributed by atoms with Crippen LogP contribution in [0.3, 0.4) is 0 Å². The molecule has 3 heterocycles. The Hall–Kier alpha value is -1.79. The Balaban J connectivity index is 1.30. The molecule has 2 aromatic rings. The maximum atomic E-state index is 13.0. The van der Waals surface area contributed by atoms with E-state index in [0.29, 0.717) is 18.4 Å².